The molecular weight excluding hydrogens is 755 g/mol. The summed E-state index contributed by atoms with van der Waals surface area (Å²) < 4.78 is 38.0. The molecular formula is C43H36ClFN4O6S. The zero-order valence-electron chi connectivity index (χ0n) is 31.0. The summed E-state index contributed by atoms with van der Waals surface area (Å²) in [5.74, 6) is 0.658. The molecule has 0 bridgehead atoms. The average Bonchev–Trinajstić information content (AvgIpc) is 3.61. The van der Waals surface area contributed by atoms with Crippen LogP contribution in [0.5, 0.6) is 23.1 Å². The molecule has 3 heterocycles. The van der Waals surface area contributed by atoms with Crippen molar-refractivity contribution in [3.8, 4) is 56.1 Å². The predicted octanol–water partition coefficient (Wildman–Crippen LogP) is 9.77. The molecule has 0 saturated carbocycles. The van der Waals surface area contributed by atoms with E-state index in [1.807, 2.05) is 62.4 Å². The van der Waals surface area contributed by atoms with Gasteiger partial charge >= 0.3 is 5.97 Å². The van der Waals surface area contributed by atoms with E-state index >= 15 is 0 Å². The maximum atomic E-state index is 14.1. The third-order valence-electron chi connectivity index (χ3n) is 9.51. The largest absolute Gasteiger partial charge is 0.506 e. The van der Waals surface area contributed by atoms with Crippen LogP contribution in [0, 0.1) is 12.7 Å². The molecule has 10 nitrogen and oxygen atoms in total. The maximum absolute atomic E-state index is 14.1. The topological polar surface area (TPSA) is 126 Å². The summed E-state index contributed by atoms with van der Waals surface area (Å²) in [7, 11) is 2.89. The molecule has 284 valence electrons. The maximum Gasteiger partial charge on any atom is 0.348 e. The minimum absolute atomic E-state index is 0.0755. The lowest BCUT2D eigenvalue weighted by Gasteiger charge is -2.34. The average molecular weight is 791 g/mol. The summed E-state index contributed by atoms with van der Waals surface area (Å²) in [5.41, 5.74) is 3.61. The molecule has 13 heteroatoms. The number of carbonyl (C=O) groups is 1. The van der Waals surface area contributed by atoms with Crippen molar-refractivity contribution >= 4 is 39.1 Å². The first-order chi connectivity index (χ1) is 27.0. The fourth-order valence-electron chi connectivity index (χ4n) is 6.56. The first-order valence-corrected chi connectivity index (χ1v) is 18.6. The van der Waals surface area contributed by atoms with Gasteiger partial charge in [0.05, 0.1) is 35.9 Å². The lowest BCUT2D eigenvalue weighted by molar-refractivity contribution is -0.152. The molecule has 7 aromatic rings. The standard InChI is InChI=1S/C43H36ClFN4O6S/c1-24-28(18-19-31(50)36(24)44)34-35-40(47-23-48-41(35)56-37(34)25-14-16-26(45)17-15-25)55-38(42(51)53-5)43(2,3)30-11-7-9-13-33(30)54-22-27-20-21-46-39(49-27)29-10-6-8-12-32(29)52-4/h6-21,23,38,50H,22H2,1-5H3/t38-/m0/s1. The SMILES string of the molecule is COC(=O)[C@H](Oc1ncnc2sc(-c3ccc(F)cc3)c(-c3ccc(O)c(Cl)c3C)c12)C(C)(C)c1ccccc1OCc1ccnc(-c2ccccc2OC)n1. The summed E-state index contributed by atoms with van der Waals surface area (Å²) in [6, 6.07) is 26.0. The van der Waals surface area contributed by atoms with Gasteiger partial charge in [0.25, 0.3) is 0 Å². The zero-order chi connectivity index (χ0) is 39.6. The Morgan fingerprint density at radius 2 is 1.64 bits per heavy atom. The van der Waals surface area contributed by atoms with E-state index in [0.717, 1.165) is 10.4 Å². The van der Waals surface area contributed by atoms with Crippen LogP contribution in [0.15, 0.2) is 104 Å². The first kappa shape index (κ1) is 38.2. The van der Waals surface area contributed by atoms with E-state index in [4.69, 9.17) is 35.5 Å². The van der Waals surface area contributed by atoms with Crippen molar-refractivity contribution in [1.29, 1.82) is 0 Å². The summed E-state index contributed by atoms with van der Waals surface area (Å²) in [6.45, 7) is 5.62. The van der Waals surface area contributed by atoms with Gasteiger partial charge in [-0.1, -0.05) is 74.0 Å². The van der Waals surface area contributed by atoms with Gasteiger partial charge in [-0.15, -0.1) is 11.3 Å². The summed E-state index contributed by atoms with van der Waals surface area (Å²) in [6.07, 6.45) is 1.79. The van der Waals surface area contributed by atoms with Crippen molar-refractivity contribution in [2.24, 2.45) is 0 Å². The summed E-state index contributed by atoms with van der Waals surface area (Å²) in [4.78, 5) is 33.4. The summed E-state index contributed by atoms with van der Waals surface area (Å²) >= 11 is 7.92. The number of esters is 1. The van der Waals surface area contributed by atoms with E-state index in [0.29, 0.717) is 61.1 Å². The molecule has 0 spiro atoms. The Morgan fingerprint density at radius 1 is 0.911 bits per heavy atom. The predicted molar refractivity (Wildman–Crippen MR) is 214 cm³/mol. The van der Waals surface area contributed by atoms with E-state index in [2.05, 4.69) is 15.0 Å². The highest BCUT2D eigenvalue weighted by atomic mass is 35.5. The molecule has 1 atom stereocenters. The smallest absolute Gasteiger partial charge is 0.348 e. The Morgan fingerprint density at radius 3 is 2.39 bits per heavy atom. The third kappa shape index (κ3) is 7.33. The number of methoxy groups -OCH3 is 2. The van der Waals surface area contributed by atoms with Gasteiger partial charge in [-0.25, -0.2) is 29.1 Å². The number of carbonyl (C=O) groups excluding carboxylic acids is 1. The molecule has 0 radical (unpaired) electrons. The van der Waals surface area contributed by atoms with Crippen LogP contribution in [0.1, 0.15) is 30.7 Å². The molecule has 7 rings (SSSR count). The Bertz CT molecular complexity index is 2560. The number of para-hydroxylation sites is 2. The molecule has 0 aliphatic heterocycles. The number of phenolic OH excluding ortho intramolecular Hbond substituents is 1. The van der Waals surface area contributed by atoms with Crippen LogP contribution >= 0.6 is 22.9 Å². The first-order valence-electron chi connectivity index (χ1n) is 17.5. The number of benzene rings is 4. The van der Waals surface area contributed by atoms with E-state index in [1.165, 1.54) is 43.0 Å². The molecule has 0 aliphatic carbocycles. The second-order valence-electron chi connectivity index (χ2n) is 13.3. The van der Waals surface area contributed by atoms with Crippen molar-refractivity contribution in [2.45, 2.75) is 38.9 Å². The number of nitrogens with zero attached hydrogens (tertiary/aromatic N) is 4. The quantitative estimate of drug-likeness (QED) is 0.120. The molecule has 4 aromatic carbocycles. The Hall–Kier alpha value is -6.11. The third-order valence-corrected chi connectivity index (χ3v) is 11.1. The van der Waals surface area contributed by atoms with Crippen LogP contribution in [0.4, 0.5) is 4.39 Å². The van der Waals surface area contributed by atoms with Crippen molar-refractivity contribution in [2.75, 3.05) is 14.2 Å². The molecule has 56 heavy (non-hydrogen) atoms. The van der Waals surface area contributed by atoms with Crippen LogP contribution in [0.25, 0.3) is 43.2 Å². The van der Waals surface area contributed by atoms with Crippen LogP contribution in [0.2, 0.25) is 5.02 Å². The highest BCUT2D eigenvalue weighted by Crippen LogP contribution is 2.50. The minimum atomic E-state index is -1.24. The number of ether oxygens (including phenoxy) is 4. The number of hydrogen-bond donors (Lipinski definition) is 1. The number of rotatable bonds is 12. The number of hydrogen-bond acceptors (Lipinski definition) is 11. The van der Waals surface area contributed by atoms with Gasteiger partial charge in [-0.05, 0) is 66.1 Å². The van der Waals surface area contributed by atoms with Gasteiger partial charge in [-0.2, -0.15) is 0 Å². The molecule has 0 fully saturated rings. The van der Waals surface area contributed by atoms with Crippen LogP contribution in [-0.4, -0.2) is 51.3 Å². The van der Waals surface area contributed by atoms with Crippen molar-refractivity contribution in [3.05, 3.63) is 131 Å². The highest BCUT2D eigenvalue weighted by Gasteiger charge is 2.42. The monoisotopic (exact) mass is 790 g/mol. The lowest BCUT2D eigenvalue weighted by Crippen LogP contribution is -2.45. The van der Waals surface area contributed by atoms with E-state index in [9.17, 15) is 14.3 Å². The van der Waals surface area contributed by atoms with E-state index in [1.54, 1.807) is 44.5 Å². The Kier molecular flexibility index (Phi) is 10.9. The van der Waals surface area contributed by atoms with Gasteiger partial charge < -0.3 is 24.1 Å². The summed E-state index contributed by atoms with van der Waals surface area (Å²) in [5, 5.41) is 11.1. The normalized spacial score (nSPS) is 12.0. The number of aromatic hydroxyl groups is 1. The van der Waals surface area contributed by atoms with Crippen LogP contribution in [0.3, 0.4) is 0 Å². The van der Waals surface area contributed by atoms with E-state index in [-0.39, 0.29) is 29.1 Å². The second-order valence-corrected chi connectivity index (χ2v) is 14.7. The van der Waals surface area contributed by atoms with Crippen LogP contribution in [-0.2, 0) is 21.6 Å². The van der Waals surface area contributed by atoms with Crippen molar-refractivity contribution < 1.29 is 33.2 Å². The number of thiophene rings is 1. The number of aromatic nitrogens is 4. The fraction of sp³-hybridized carbons (Fsp3) is 0.186. The molecule has 3 aromatic heterocycles. The number of halogens is 2. The molecule has 0 amide bonds. The molecule has 0 saturated heterocycles. The highest BCUT2D eigenvalue weighted by molar-refractivity contribution is 7.22. The van der Waals surface area contributed by atoms with Crippen LogP contribution < -0.4 is 14.2 Å². The molecule has 1 N–H and O–H groups in total. The van der Waals surface area contributed by atoms with Crippen molar-refractivity contribution in [3.63, 3.8) is 0 Å². The molecule has 0 aliphatic rings. The van der Waals surface area contributed by atoms with Gasteiger partial charge in [0, 0.05) is 27.6 Å². The minimum Gasteiger partial charge on any atom is -0.506 e. The molecule has 0 unspecified atom stereocenters. The number of phenols is 1. The fourth-order valence-corrected chi connectivity index (χ4v) is 7.88. The van der Waals surface area contributed by atoms with Crippen molar-refractivity contribution in [1.82, 2.24) is 19.9 Å². The Labute approximate surface area is 331 Å². The van der Waals surface area contributed by atoms with Gasteiger partial charge in [0.1, 0.15) is 40.8 Å². The number of fused-ring (bicyclic) bond motifs is 1. The van der Waals surface area contributed by atoms with Gasteiger partial charge in [-0.3, -0.25) is 0 Å². The second kappa shape index (κ2) is 15.9. The Balaban J connectivity index is 1.28. The lowest BCUT2D eigenvalue weighted by atomic mass is 9.78. The van der Waals surface area contributed by atoms with E-state index < -0.39 is 17.5 Å². The van der Waals surface area contributed by atoms with Gasteiger partial charge in [0.15, 0.2) is 5.82 Å². The van der Waals surface area contributed by atoms with Gasteiger partial charge in [0.2, 0.25) is 12.0 Å². The zero-order valence-corrected chi connectivity index (χ0v) is 32.6.